The zero-order valence-electron chi connectivity index (χ0n) is 29.8. The minimum Gasteiger partial charge on any atom is -0.673 e. The third kappa shape index (κ3) is 12.6. The van der Waals surface area contributed by atoms with E-state index >= 15 is 0 Å². The van der Waals surface area contributed by atoms with Gasteiger partial charge in [0.2, 0.25) is 5.89 Å². The van der Waals surface area contributed by atoms with Crippen molar-refractivity contribution in [2.45, 2.75) is 45.6 Å². The molecule has 1 unspecified atom stereocenters. The summed E-state index contributed by atoms with van der Waals surface area (Å²) < 4.78 is 6.51. The summed E-state index contributed by atoms with van der Waals surface area (Å²) in [5, 5.41) is 16.0. The second-order valence-corrected chi connectivity index (χ2v) is 11.3. The topological polar surface area (TPSA) is 82.4 Å². The quantitative estimate of drug-likeness (QED) is 0.147. The number of hydrogen-bond donors (Lipinski definition) is 0. The number of oxazole rings is 1. The van der Waals surface area contributed by atoms with E-state index in [1.807, 2.05) is 54.6 Å². The van der Waals surface area contributed by atoms with Gasteiger partial charge in [-0.3, -0.25) is 0 Å². The number of nitrogens with zero attached hydrogens (tertiary/aromatic N) is 5. The molecule has 5 rings (SSSR count). The van der Waals surface area contributed by atoms with E-state index in [1.54, 1.807) is 42.3 Å². The predicted molar refractivity (Wildman–Crippen MR) is 199 cm³/mol. The van der Waals surface area contributed by atoms with Crippen LogP contribution in [-0.4, -0.2) is 47.3 Å². The van der Waals surface area contributed by atoms with Crippen molar-refractivity contribution in [1.29, 1.82) is 0 Å². The first kappa shape index (κ1) is 41.7. The molecule has 6 nitrogen and oxygen atoms in total. The Bertz CT molecular complexity index is 1480. The standard InChI is InChI=1S/C34H33N2O.3C2H6N.Hf/c1-23(2)28-21-14-22-29(24(3)4)31(28)35-30(25-15-8-5-9-16-25)32-33(26-17-10-6-11-18-26)37-34(36-32)27-19-12-7-13-20-27;3*1-3-2;/h5-24,30H,1-4H3;3*1-2H3;/q4*-1;+4. The van der Waals surface area contributed by atoms with Gasteiger partial charge in [-0.05, 0) is 30.0 Å². The molecule has 0 aliphatic rings. The molecule has 1 aromatic heterocycles. The zero-order valence-corrected chi connectivity index (χ0v) is 33.4. The molecule has 47 heavy (non-hydrogen) atoms. The molecule has 1 heterocycles. The molecule has 0 N–H and O–H groups in total. The van der Waals surface area contributed by atoms with Crippen LogP contribution in [-0.2, 0) is 25.8 Å². The molecule has 7 heteroatoms. The van der Waals surface area contributed by atoms with Crippen LogP contribution in [0.4, 0.5) is 5.69 Å². The van der Waals surface area contributed by atoms with Gasteiger partial charge in [0.05, 0.1) is 5.69 Å². The molecule has 0 radical (unpaired) electrons. The van der Waals surface area contributed by atoms with E-state index in [4.69, 9.17) is 14.7 Å². The van der Waals surface area contributed by atoms with E-state index in [0.717, 1.165) is 33.8 Å². The summed E-state index contributed by atoms with van der Waals surface area (Å²) >= 11 is 0. The molecule has 1 atom stereocenters. The van der Waals surface area contributed by atoms with Crippen molar-refractivity contribution in [1.82, 2.24) is 4.98 Å². The molecule has 0 bridgehead atoms. The van der Waals surface area contributed by atoms with Crippen LogP contribution in [0.3, 0.4) is 0 Å². The van der Waals surface area contributed by atoms with Gasteiger partial charge in [-0.25, -0.2) is 4.98 Å². The summed E-state index contributed by atoms with van der Waals surface area (Å²) in [6, 6.07) is 37.0. The Hall–Kier alpha value is -3.36. The Morgan fingerprint density at radius 2 is 0.936 bits per heavy atom. The Labute approximate surface area is 303 Å². The maximum Gasteiger partial charge on any atom is 4.00 e. The van der Waals surface area contributed by atoms with Crippen LogP contribution in [0, 0.1) is 0 Å². The van der Waals surface area contributed by atoms with Gasteiger partial charge in [-0.1, -0.05) is 141 Å². The zero-order chi connectivity index (χ0) is 33.9. The molecule has 0 aliphatic heterocycles. The predicted octanol–water partition coefficient (Wildman–Crippen LogP) is 11.9. The van der Waals surface area contributed by atoms with E-state index in [9.17, 15) is 0 Å². The van der Waals surface area contributed by atoms with Gasteiger partial charge in [-0.15, -0.1) is 5.69 Å². The first-order valence-electron chi connectivity index (χ1n) is 15.7. The summed E-state index contributed by atoms with van der Waals surface area (Å²) in [5.41, 5.74) is 7.41. The maximum absolute atomic E-state index is 6.51. The third-order valence-electron chi connectivity index (χ3n) is 6.69. The molecule has 4 aromatic carbocycles. The molecule has 0 saturated carbocycles. The van der Waals surface area contributed by atoms with Gasteiger partial charge in [0.1, 0.15) is 0 Å². The molecule has 0 fully saturated rings. The van der Waals surface area contributed by atoms with Crippen molar-refractivity contribution in [2.24, 2.45) is 0 Å². The molecule has 0 amide bonds. The Balaban J connectivity index is 0.000000996. The van der Waals surface area contributed by atoms with Gasteiger partial charge in [-0.2, -0.15) is 42.3 Å². The number of hydrogen-bond acceptors (Lipinski definition) is 2. The second-order valence-electron chi connectivity index (χ2n) is 11.3. The van der Waals surface area contributed by atoms with Crippen LogP contribution in [0.2, 0.25) is 0 Å². The van der Waals surface area contributed by atoms with Crippen LogP contribution in [0.5, 0.6) is 0 Å². The SMILES string of the molecule is CC(C)c1cccc(C(C)C)c1[N-]C(c1ccccc1)c1nc(-c2ccccc2)oc1-c1ccccc1.C[N-]C.C[N-]C.C[N-]C.[Hf+4]. The summed E-state index contributed by atoms with van der Waals surface area (Å²) in [4.78, 5) is 5.12. The van der Waals surface area contributed by atoms with E-state index in [-0.39, 0.29) is 31.9 Å². The van der Waals surface area contributed by atoms with Gasteiger partial charge in [0, 0.05) is 11.1 Å². The van der Waals surface area contributed by atoms with Crippen LogP contribution < -0.4 is 0 Å². The number of para-hydroxylation sites is 1. The number of rotatable bonds is 8. The van der Waals surface area contributed by atoms with Crippen LogP contribution in [0.1, 0.15) is 68.0 Å². The van der Waals surface area contributed by atoms with Crippen molar-refractivity contribution in [3.05, 3.63) is 153 Å². The fraction of sp³-hybridized carbons (Fsp3) is 0.325. The summed E-state index contributed by atoms with van der Waals surface area (Å²) in [6.45, 7) is 8.92. The molecule has 0 saturated heterocycles. The minimum atomic E-state index is -0.324. The first-order chi connectivity index (χ1) is 22.3. The summed E-state index contributed by atoms with van der Waals surface area (Å²) in [5.74, 6) is 2.05. The van der Waals surface area contributed by atoms with Crippen molar-refractivity contribution in [3.8, 4) is 22.8 Å². The summed E-state index contributed by atoms with van der Waals surface area (Å²) in [7, 11) is 10.5. The molecule has 0 spiro atoms. The Morgan fingerprint density at radius 1 is 0.532 bits per heavy atom. The smallest absolute Gasteiger partial charge is 0.673 e. The van der Waals surface area contributed by atoms with Crippen molar-refractivity contribution in [2.75, 3.05) is 42.3 Å². The molecule has 246 valence electrons. The maximum atomic E-state index is 6.51. The Kier molecular flexibility index (Phi) is 20.4. The minimum absolute atomic E-state index is 0. The monoisotopic (exact) mass is 797 g/mol. The molecular formula is C40H51HfN5O. The van der Waals surface area contributed by atoms with E-state index in [0.29, 0.717) is 17.7 Å². The largest absolute Gasteiger partial charge is 4.00 e. The molecular weight excluding hydrogens is 745 g/mol. The van der Waals surface area contributed by atoms with Crippen molar-refractivity contribution >= 4 is 5.69 Å². The van der Waals surface area contributed by atoms with Gasteiger partial charge >= 0.3 is 25.8 Å². The number of aromatic nitrogens is 1. The van der Waals surface area contributed by atoms with Crippen LogP contribution in [0.25, 0.3) is 44.0 Å². The van der Waals surface area contributed by atoms with Crippen LogP contribution >= 0.6 is 0 Å². The van der Waals surface area contributed by atoms with Crippen molar-refractivity contribution in [3.63, 3.8) is 0 Å². The van der Waals surface area contributed by atoms with E-state index in [2.05, 4.69) is 98.2 Å². The van der Waals surface area contributed by atoms with Gasteiger partial charge < -0.3 is 25.7 Å². The Morgan fingerprint density at radius 3 is 1.36 bits per heavy atom. The molecule has 0 aliphatic carbocycles. The van der Waals surface area contributed by atoms with Crippen molar-refractivity contribution < 1.29 is 30.3 Å². The van der Waals surface area contributed by atoms with E-state index < -0.39 is 0 Å². The first-order valence-corrected chi connectivity index (χ1v) is 15.7. The average Bonchev–Trinajstić information content (AvgIpc) is 3.51. The van der Waals surface area contributed by atoms with Gasteiger partial charge in [0.15, 0.2) is 5.76 Å². The third-order valence-corrected chi connectivity index (χ3v) is 6.69. The normalized spacial score (nSPS) is 10.7. The summed E-state index contributed by atoms with van der Waals surface area (Å²) in [6.07, 6.45) is 0. The fourth-order valence-electron chi connectivity index (χ4n) is 4.74. The van der Waals surface area contributed by atoms with E-state index in [1.165, 1.54) is 11.1 Å². The molecule has 5 aromatic rings. The average molecular weight is 796 g/mol. The van der Waals surface area contributed by atoms with Crippen LogP contribution in [0.15, 0.2) is 114 Å². The fourth-order valence-corrected chi connectivity index (χ4v) is 4.74. The number of benzene rings is 4. The second kappa shape index (κ2) is 23.0. The van der Waals surface area contributed by atoms with Gasteiger partial charge in [0.25, 0.3) is 0 Å².